The average Bonchev–Trinajstić information content (AvgIpc) is 2.33. The van der Waals surface area contributed by atoms with Crippen LogP contribution in [0.2, 0.25) is 0 Å². The Morgan fingerprint density at radius 3 is 2.60 bits per heavy atom. The van der Waals surface area contributed by atoms with Gasteiger partial charge in [-0.05, 0) is 30.0 Å². The zero-order valence-electron chi connectivity index (χ0n) is 11.1. The van der Waals surface area contributed by atoms with Crippen LogP contribution in [0.25, 0.3) is 0 Å². The van der Waals surface area contributed by atoms with Gasteiger partial charge in [-0.15, -0.1) is 0 Å². The molecule has 0 fully saturated rings. The lowest BCUT2D eigenvalue weighted by Gasteiger charge is -2.16. The molecular formula is C12H16F3N3OS. The van der Waals surface area contributed by atoms with E-state index in [1.807, 2.05) is 0 Å². The quantitative estimate of drug-likeness (QED) is 0.648. The van der Waals surface area contributed by atoms with Crippen molar-refractivity contribution in [2.24, 2.45) is 0 Å². The summed E-state index contributed by atoms with van der Waals surface area (Å²) < 4.78 is 36.0. The van der Waals surface area contributed by atoms with Crippen molar-refractivity contribution in [2.75, 3.05) is 37.4 Å². The lowest BCUT2D eigenvalue weighted by Crippen LogP contribution is -2.23. The molecule has 0 saturated carbocycles. The SMILES string of the molecule is CN(C)C(=O)c1ccc(N)cc1NCCSC(F)(F)F. The number of halogens is 3. The van der Waals surface area contributed by atoms with Crippen LogP contribution in [0.15, 0.2) is 18.2 Å². The summed E-state index contributed by atoms with van der Waals surface area (Å²) in [6, 6.07) is 4.66. The average molecular weight is 307 g/mol. The van der Waals surface area contributed by atoms with Crippen LogP contribution in [-0.4, -0.2) is 42.7 Å². The smallest absolute Gasteiger partial charge is 0.399 e. The molecule has 3 N–H and O–H groups in total. The maximum atomic E-state index is 12.0. The number of nitrogens with one attached hydrogen (secondary N) is 1. The lowest BCUT2D eigenvalue weighted by atomic mass is 10.1. The minimum absolute atomic E-state index is 0.0847. The Bertz CT molecular complexity index is 478. The first kappa shape index (κ1) is 16.5. The van der Waals surface area contributed by atoms with Gasteiger partial charge >= 0.3 is 5.51 Å². The Morgan fingerprint density at radius 2 is 2.05 bits per heavy atom. The first-order valence-electron chi connectivity index (χ1n) is 5.76. The third kappa shape index (κ3) is 5.20. The van der Waals surface area contributed by atoms with E-state index in [-0.39, 0.29) is 30.0 Å². The van der Waals surface area contributed by atoms with Gasteiger partial charge in [0.15, 0.2) is 0 Å². The van der Waals surface area contributed by atoms with E-state index in [9.17, 15) is 18.0 Å². The van der Waals surface area contributed by atoms with E-state index < -0.39 is 5.51 Å². The third-order valence-electron chi connectivity index (χ3n) is 2.36. The van der Waals surface area contributed by atoms with Crippen LogP contribution < -0.4 is 11.1 Å². The van der Waals surface area contributed by atoms with Crippen molar-refractivity contribution in [3.8, 4) is 0 Å². The molecule has 8 heteroatoms. The van der Waals surface area contributed by atoms with E-state index in [2.05, 4.69) is 5.32 Å². The van der Waals surface area contributed by atoms with Gasteiger partial charge in [0, 0.05) is 37.8 Å². The fraction of sp³-hybridized carbons (Fsp3) is 0.417. The number of thioether (sulfide) groups is 1. The molecule has 0 spiro atoms. The maximum Gasteiger partial charge on any atom is 0.441 e. The summed E-state index contributed by atoms with van der Waals surface area (Å²) in [6.07, 6.45) is 0. The molecule has 1 aromatic carbocycles. The van der Waals surface area contributed by atoms with E-state index in [0.29, 0.717) is 16.9 Å². The zero-order chi connectivity index (χ0) is 15.3. The summed E-state index contributed by atoms with van der Waals surface area (Å²) in [5.74, 6) is -0.385. The number of nitrogens with zero attached hydrogens (tertiary/aromatic N) is 1. The Labute approximate surface area is 119 Å². The molecule has 1 amide bonds. The summed E-state index contributed by atoms with van der Waals surface area (Å²) in [7, 11) is 3.20. The number of anilines is 2. The fourth-order valence-corrected chi connectivity index (χ4v) is 1.92. The van der Waals surface area contributed by atoms with Crippen LogP contribution in [0, 0.1) is 0 Å². The first-order chi connectivity index (χ1) is 9.20. The fourth-order valence-electron chi connectivity index (χ4n) is 1.49. The van der Waals surface area contributed by atoms with Crippen LogP contribution in [0.5, 0.6) is 0 Å². The number of nitrogen functional groups attached to an aromatic ring is 1. The molecule has 0 radical (unpaired) electrons. The number of rotatable bonds is 5. The zero-order valence-corrected chi connectivity index (χ0v) is 11.9. The van der Waals surface area contributed by atoms with Gasteiger partial charge in [0.1, 0.15) is 0 Å². The molecule has 0 heterocycles. The van der Waals surface area contributed by atoms with E-state index >= 15 is 0 Å². The molecule has 0 aliphatic heterocycles. The minimum atomic E-state index is -4.25. The highest BCUT2D eigenvalue weighted by atomic mass is 32.2. The monoisotopic (exact) mass is 307 g/mol. The number of hydrogen-bond acceptors (Lipinski definition) is 4. The van der Waals surface area contributed by atoms with Gasteiger partial charge in [-0.3, -0.25) is 4.79 Å². The number of hydrogen-bond donors (Lipinski definition) is 2. The molecule has 0 bridgehead atoms. The summed E-state index contributed by atoms with van der Waals surface area (Å²) >= 11 is -0.112. The summed E-state index contributed by atoms with van der Waals surface area (Å²) in [6.45, 7) is 0.0847. The maximum absolute atomic E-state index is 12.0. The number of carbonyl (C=O) groups is 1. The molecular weight excluding hydrogens is 291 g/mol. The second-order valence-electron chi connectivity index (χ2n) is 4.23. The molecule has 1 aromatic rings. The molecule has 0 unspecified atom stereocenters. The molecule has 1 rings (SSSR count). The highest BCUT2D eigenvalue weighted by Gasteiger charge is 2.27. The summed E-state index contributed by atoms with van der Waals surface area (Å²) in [5, 5.41) is 2.81. The molecule has 112 valence electrons. The Hall–Kier alpha value is -1.57. The molecule has 20 heavy (non-hydrogen) atoms. The second-order valence-corrected chi connectivity index (χ2v) is 5.39. The van der Waals surface area contributed by atoms with E-state index in [1.54, 1.807) is 26.2 Å². The van der Waals surface area contributed by atoms with Crippen molar-refractivity contribution in [3.05, 3.63) is 23.8 Å². The number of nitrogens with two attached hydrogens (primary N) is 1. The van der Waals surface area contributed by atoms with Crippen molar-refractivity contribution in [2.45, 2.75) is 5.51 Å². The van der Waals surface area contributed by atoms with Crippen LogP contribution >= 0.6 is 11.8 Å². The minimum Gasteiger partial charge on any atom is -0.399 e. The molecule has 0 atom stereocenters. The van der Waals surface area contributed by atoms with Crippen molar-refractivity contribution >= 4 is 29.0 Å². The highest BCUT2D eigenvalue weighted by Crippen LogP contribution is 2.30. The number of alkyl halides is 3. The second kappa shape index (κ2) is 6.74. The van der Waals surface area contributed by atoms with E-state index in [4.69, 9.17) is 5.73 Å². The van der Waals surface area contributed by atoms with Gasteiger partial charge in [-0.1, -0.05) is 0 Å². The summed E-state index contributed by atoms with van der Waals surface area (Å²) in [5.41, 5.74) is 2.63. The predicted octanol–water partition coefficient (Wildman–Crippen LogP) is 2.64. The molecule has 0 aromatic heterocycles. The standard InChI is InChI=1S/C12H16F3N3OS/c1-18(2)11(19)9-4-3-8(16)7-10(9)17-5-6-20-12(13,14)15/h3-4,7,17H,5-6,16H2,1-2H3. The summed E-state index contributed by atoms with van der Waals surface area (Å²) in [4.78, 5) is 13.3. The largest absolute Gasteiger partial charge is 0.441 e. The molecule has 4 nitrogen and oxygen atoms in total. The lowest BCUT2D eigenvalue weighted by molar-refractivity contribution is -0.0327. The van der Waals surface area contributed by atoms with Crippen LogP contribution in [-0.2, 0) is 0 Å². The Kier molecular flexibility index (Phi) is 5.55. The van der Waals surface area contributed by atoms with Crippen LogP contribution in [0.1, 0.15) is 10.4 Å². The van der Waals surface area contributed by atoms with Gasteiger partial charge in [-0.25, -0.2) is 0 Å². The third-order valence-corrected chi connectivity index (χ3v) is 3.10. The molecule has 0 aliphatic carbocycles. The van der Waals surface area contributed by atoms with Gasteiger partial charge in [0.25, 0.3) is 5.91 Å². The number of amides is 1. The normalized spacial score (nSPS) is 11.2. The van der Waals surface area contributed by atoms with Gasteiger partial charge in [0.2, 0.25) is 0 Å². The first-order valence-corrected chi connectivity index (χ1v) is 6.75. The highest BCUT2D eigenvalue weighted by molar-refractivity contribution is 8.00. The van der Waals surface area contributed by atoms with E-state index in [1.165, 1.54) is 11.0 Å². The topological polar surface area (TPSA) is 58.4 Å². The van der Waals surface area contributed by atoms with Crippen molar-refractivity contribution < 1.29 is 18.0 Å². The predicted molar refractivity (Wildman–Crippen MR) is 75.9 cm³/mol. The number of benzene rings is 1. The van der Waals surface area contributed by atoms with E-state index in [0.717, 1.165) is 0 Å². The van der Waals surface area contributed by atoms with Crippen molar-refractivity contribution in [1.82, 2.24) is 4.90 Å². The van der Waals surface area contributed by atoms with Crippen molar-refractivity contribution in [1.29, 1.82) is 0 Å². The van der Waals surface area contributed by atoms with Crippen molar-refractivity contribution in [3.63, 3.8) is 0 Å². The van der Waals surface area contributed by atoms with Gasteiger partial charge < -0.3 is 16.0 Å². The van der Waals surface area contributed by atoms with Gasteiger partial charge in [0.05, 0.1) is 5.56 Å². The Morgan fingerprint density at radius 1 is 1.40 bits per heavy atom. The van der Waals surface area contributed by atoms with Crippen LogP contribution in [0.3, 0.4) is 0 Å². The molecule has 0 aliphatic rings. The number of carbonyl (C=O) groups excluding carboxylic acids is 1. The van der Waals surface area contributed by atoms with Gasteiger partial charge in [-0.2, -0.15) is 13.2 Å². The Balaban J connectivity index is 2.73. The van der Waals surface area contributed by atoms with Crippen LogP contribution in [0.4, 0.5) is 24.5 Å². The molecule has 0 saturated heterocycles.